The van der Waals surface area contributed by atoms with Crippen LogP contribution in [0.5, 0.6) is 0 Å². The Hall–Kier alpha value is -0.380. The van der Waals surface area contributed by atoms with Gasteiger partial charge in [0.05, 0.1) is 6.10 Å². The van der Waals surface area contributed by atoms with Gasteiger partial charge in [0, 0.05) is 29.5 Å². The van der Waals surface area contributed by atoms with Gasteiger partial charge in [-0.15, -0.1) is 11.3 Å². The lowest BCUT2D eigenvalue weighted by atomic mass is 9.64. The Morgan fingerprint density at radius 2 is 2.22 bits per heavy atom. The lowest BCUT2D eigenvalue weighted by Gasteiger charge is -2.52. The zero-order chi connectivity index (χ0) is 13.2. The second-order valence-electron chi connectivity index (χ2n) is 5.66. The number of thiophene rings is 1. The van der Waals surface area contributed by atoms with Crippen molar-refractivity contribution in [1.29, 1.82) is 0 Å². The van der Waals surface area contributed by atoms with Crippen LogP contribution in [0.2, 0.25) is 0 Å². The van der Waals surface area contributed by atoms with E-state index in [1.54, 1.807) is 0 Å². The Bertz CT molecular complexity index is 386. The molecule has 1 aromatic heterocycles. The highest BCUT2D eigenvalue weighted by Gasteiger charge is 2.48. The first-order valence-electron chi connectivity index (χ1n) is 6.99. The summed E-state index contributed by atoms with van der Waals surface area (Å²) in [5.74, 6) is 0. The summed E-state index contributed by atoms with van der Waals surface area (Å²) in [6.07, 6.45) is 2.71. The average Bonchev–Trinajstić information content (AvgIpc) is 2.80. The third-order valence-electron chi connectivity index (χ3n) is 4.27. The largest absolute Gasteiger partial charge is 0.378 e. The van der Waals surface area contributed by atoms with Crippen LogP contribution in [0.4, 0.5) is 0 Å². The van der Waals surface area contributed by atoms with Crippen LogP contribution in [0.15, 0.2) is 11.4 Å². The summed E-state index contributed by atoms with van der Waals surface area (Å²) in [5, 5.41) is 5.90. The topological polar surface area (TPSA) is 21.3 Å². The minimum Gasteiger partial charge on any atom is -0.378 e. The van der Waals surface area contributed by atoms with E-state index in [2.05, 4.69) is 44.5 Å². The molecule has 2 nitrogen and oxygen atoms in total. The molecule has 2 unspecified atom stereocenters. The van der Waals surface area contributed by atoms with Gasteiger partial charge in [0.25, 0.3) is 0 Å². The molecule has 18 heavy (non-hydrogen) atoms. The molecule has 3 heteroatoms. The number of rotatable bonds is 6. The average molecular weight is 267 g/mol. The van der Waals surface area contributed by atoms with Crippen LogP contribution in [-0.2, 0) is 17.7 Å². The first kappa shape index (κ1) is 14.0. The van der Waals surface area contributed by atoms with Crippen molar-refractivity contribution in [3.8, 4) is 0 Å². The summed E-state index contributed by atoms with van der Waals surface area (Å²) in [6, 6.07) is 2.83. The van der Waals surface area contributed by atoms with Crippen LogP contribution in [0, 0.1) is 5.41 Å². The van der Waals surface area contributed by atoms with Crippen molar-refractivity contribution in [2.45, 2.75) is 59.2 Å². The van der Waals surface area contributed by atoms with Gasteiger partial charge in [0.2, 0.25) is 0 Å². The van der Waals surface area contributed by atoms with Gasteiger partial charge in [0.1, 0.15) is 0 Å². The molecule has 0 aliphatic heterocycles. The summed E-state index contributed by atoms with van der Waals surface area (Å²) in [5.41, 5.74) is 1.76. The molecule has 0 saturated heterocycles. The normalized spacial score (nSPS) is 26.0. The predicted octanol–water partition coefficient (Wildman–Crippen LogP) is 3.60. The van der Waals surface area contributed by atoms with Crippen LogP contribution in [0.25, 0.3) is 0 Å². The molecule has 0 radical (unpaired) electrons. The fourth-order valence-electron chi connectivity index (χ4n) is 2.77. The van der Waals surface area contributed by atoms with Crippen molar-refractivity contribution in [3.05, 3.63) is 21.9 Å². The highest BCUT2D eigenvalue weighted by molar-refractivity contribution is 7.10. The Labute approximate surface area is 115 Å². The van der Waals surface area contributed by atoms with Gasteiger partial charge in [-0.2, -0.15) is 0 Å². The van der Waals surface area contributed by atoms with Crippen molar-refractivity contribution in [2.75, 3.05) is 6.61 Å². The lowest BCUT2D eigenvalue weighted by Crippen LogP contribution is -2.60. The minimum absolute atomic E-state index is 0.264. The van der Waals surface area contributed by atoms with Crippen molar-refractivity contribution < 1.29 is 4.74 Å². The number of ether oxygens (including phenoxy) is 1. The number of nitrogens with one attached hydrogen (secondary N) is 1. The van der Waals surface area contributed by atoms with Gasteiger partial charge >= 0.3 is 0 Å². The van der Waals surface area contributed by atoms with Gasteiger partial charge in [-0.25, -0.2) is 0 Å². The van der Waals surface area contributed by atoms with Crippen LogP contribution in [-0.4, -0.2) is 18.8 Å². The molecule has 0 bridgehead atoms. The molecule has 0 spiro atoms. The van der Waals surface area contributed by atoms with E-state index >= 15 is 0 Å². The van der Waals surface area contributed by atoms with Crippen LogP contribution >= 0.6 is 11.3 Å². The van der Waals surface area contributed by atoms with Crippen molar-refractivity contribution in [1.82, 2.24) is 5.32 Å². The molecule has 2 rings (SSSR count). The molecule has 1 heterocycles. The Morgan fingerprint density at radius 1 is 1.44 bits per heavy atom. The monoisotopic (exact) mass is 267 g/mol. The van der Waals surface area contributed by atoms with E-state index in [9.17, 15) is 0 Å². The van der Waals surface area contributed by atoms with E-state index in [1.807, 2.05) is 11.3 Å². The van der Waals surface area contributed by atoms with E-state index in [1.165, 1.54) is 10.4 Å². The molecule has 102 valence electrons. The quantitative estimate of drug-likeness (QED) is 0.850. The molecule has 1 aliphatic rings. The molecule has 1 saturated carbocycles. The molecule has 1 fully saturated rings. The SMILES string of the molecule is CCOC1CC(NCc2sccc2CC)C1(C)C. The molecule has 1 N–H and O–H groups in total. The van der Waals surface area contributed by atoms with Crippen LogP contribution < -0.4 is 5.32 Å². The number of aryl methyl sites for hydroxylation is 1. The van der Waals surface area contributed by atoms with Gasteiger partial charge < -0.3 is 10.1 Å². The molecule has 1 aromatic rings. The molecule has 1 aliphatic carbocycles. The molecular weight excluding hydrogens is 242 g/mol. The maximum Gasteiger partial charge on any atom is 0.0655 e. The van der Waals surface area contributed by atoms with Gasteiger partial charge in [-0.1, -0.05) is 20.8 Å². The van der Waals surface area contributed by atoms with E-state index < -0.39 is 0 Å². The molecule has 2 atom stereocenters. The maximum absolute atomic E-state index is 5.77. The summed E-state index contributed by atoms with van der Waals surface area (Å²) in [7, 11) is 0. The Kier molecular flexibility index (Phi) is 4.46. The van der Waals surface area contributed by atoms with E-state index in [0.29, 0.717) is 12.1 Å². The molecule has 0 aromatic carbocycles. The number of hydrogen-bond acceptors (Lipinski definition) is 3. The smallest absolute Gasteiger partial charge is 0.0655 e. The fourth-order valence-corrected chi connectivity index (χ4v) is 3.70. The maximum atomic E-state index is 5.77. The zero-order valence-electron chi connectivity index (χ0n) is 12.0. The standard InChI is InChI=1S/C15H25NOS/c1-5-11-7-8-18-12(11)10-16-13-9-14(17-6-2)15(13,3)4/h7-8,13-14,16H,5-6,9-10H2,1-4H3. The highest BCUT2D eigenvalue weighted by atomic mass is 32.1. The molecular formula is C15H25NOS. The zero-order valence-corrected chi connectivity index (χ0v) is 12.8. The first-order chi connectivity index (χ1) is 8.59. The Morgan fingerprint density at radius 3 is 2.83 bits per heavy atom. The molecule has 0 amide bonds. The van der Waals surface area contributed by atoms with Gasteiger partial charge in [-0.3, -0.25) is 0 Å². The summed E-state index contributed by atoms with van der Waals surface area (Å²) < 4.78 is 5.77. The van der Waals surface area contributed by atoms with Gasteiger partial charge in [-0.05, 0) is 36.8 Å². The first-order valence-corrected chi connectivity index (χ1v) is 7.87. The second kappa shape index (κ2) is 5.72. The third-order valence-corrected chi connectivity index (χ3v) is 5.24. The summed E-state index contributed by atoms with van der Waals surface area (Å²) >= 11 is 1.87. The third kappa shape index (κ3) is 2.63. The Balaban J connectivity index is 1.85. The van der Waals surface area contributed by atoms with Crippen molar-refractivity contribution in [3.63, 3.8) is 0 Å². The van der Waals surface area contributed by atoms with Crippen LogP contribution in [0.3, 0.4) is 0 Å². The summed E-state index contributed by atoms with van der Waals surface area (Å²) in [4.78, 5) is 1.49. The van der Waals surface area contributed by atoms with Crippen molar-refractivity contribution >= 4 is 11.3 Å². The van der Waals surface area contributed by atoms with E-state index in [4.69, 9.17) is 4.74 Å². The second-order valence-corrected chi connectivity index (χ2v) is 6.66. The predicted molar refractivity (Wildman–Crippen MR) is 78.1 cm³/mol. The fraction of sp³-hybridized carbons (Fsp3) is 0.733. The van der Waals surface area contributed by atoms with E-state index in [0.717, 1.165) is 26.0 Å². The number of hydrogen-bond donors (Lipinski definition) is 1. The van der Waals surface area contributed by atoms with Gasteiger partial charge in [0.15, 0.2) is 0 Å². The minimum atomic E-state index is 0.264. The van der Waals surface area contributed by atoms with Crippen LogP contribution in [0.1, 0.15) is 44.6 Å². The lowest BCUT2D eigenvalue weighted by molar-refractivity contribution is -0.114. The summed E-state index contributed by atoms with van der Waals surface area (Å²) in [6.45, 7) is 10.8. The van der Waals surface area contributed by atoms with Crippen molar-refractivity contribution in [2.24, 2.45) is 5.41 Å². The highest BCUT2D eigenvalue weighted by Crippen LogP contribution is 2.42. The van der Waals surface area contributed by atoms with E-state index in [-0.39, 0.29) is 5.41 Å².